The smallest absolute Gasteiger partial charge is 0.160 e. The summed E-state index contributed by atoms with van der Waals surface area (Å²) in [5.41, 5.74) is 11.7. The SMILES string of the molecule is c1ccc(-c2nc(-c3ccc(-c4cccc(C5Nc6c(ccc7ccccc67)-c6c5oc5ccccc65)c4)cc3)c3ccccc3n2)cc1. The summed E-state index contributed by atoms with van der Waals surface area (Å²) >= 11 is 0. The van der Waals surface area contributed by atoms with Crippen LogP contribution in [0.3, 0.4) is 0 Å². The Bertz CT molecular complexity index is 2690. The van der Waals surface area contributed by atoms with Crippen molar-refractivity contribution in [2.24, 2.45) is 0 Å². The van der Waals surface area contributed by atoms with E-state index in [4.69, 9.17) is 14.4 Å². The molecular weight excluding hydrogens is 599 g/mol. The first-order valence-electron chi connectivity index (χ1n) is 16.6. The number of hydrogen-bond acceptors (Lipinski definition) is 4. The first-order valence-corrected chi connectivity index (χ1v) is 16.6. The van der Waals surface area contributed by atoms with E-state index in [2.05, 4.69) is 133 Å². The molecule has 1 aliphatic rings. The second-order valence-electron chi connectivity index (χ2n) is 12.6. The lowest BCUT2D eigenvalue weighted by Gasteiger charge is -2.28. The van der Waals surface area contributed by atoms with Crippen LogP contribution in [0.15, 0.2) is 168 Å². The molecule has 0 saturated carbocycles. The summed E-state index contributed by atoms with van der Waals surface area (Å²) in [6, 6.07) is 57.2. The summed E-state index contributed by atoms with van der Waals surface area (Å²) in [4.78, 5) is 9.96. The van der Waals surface area contributed by atoms with E-state index in [9.17, 15) is 0 Å². The van der Waals surface area contributed by atoms with Crippen molar-refractivity contribution >= 4 is 38.3 Å². The van der Waals surface area contributed by atoms with Crippen molar-refractivity contribution in [3.05, 3.63) is 175 Å². The number of furan rings is 1. The van der Waals surface area contributed by atoms with Crippen LogP contribution in [-0.4, -0.2) is 9.97 Å². The minimum absolute atomic E-state index is 0.149. The van der Waals surface area contributed by atoms with Crippen LogP contribution in [0.2, 0.25) is 0 Å². The molecule has 2 aromatic heterocycles. The lowest BCUT2D eigenvalue weighted by atomic mass is 9.87. The summed E-state index contributed by atoms with van der Waals surface area (Å²) in [6.07, 6.45) is 0. The van der Waals surface area contributed by atoms with E-state index in [-0.39, 0.29) is 6.04 Å². The van der Waals surface area contributed by atoms with Gasteiger partial charge in [-0.2, -0.15) is 0 Å². The van der Waals surface area contributed by atoms with Crippen molar-refractivity contribution in [3.63, 3.8) is 0 Å². The van der Waals surface area contributed by atoms with Crippen LogP contribution in [0.1, 0.15) is 17.4 Å². The topological polar surface area (TPSA) is 51.0 Å². The van der Waals surface area contributed by atoms with E-state index in [1.54, 1.807) is 0 Å². The highest BCUT2D eigenvalue weighted by Crippen LogP contribution is 2.50. The van der Waals surface area contributed by atoms with Crippen molar-refractivity contribution in [1.82, 2.24) is 9.97 Å². The second kappa shape index (κ2) is 11.0. The van der Waals surface area contributed by atoms with Crippen molar-refractivity contribution in [1.29, 1.82) is 0 Å². The maximum absolute atomic E-state index is 6.64. The van der Waals surface area contributed by atoms with Crippen molar-refractivity contribution < 1.29 is 4.42 Å². The molecule has 1 atom stereocenters. The van der Waals surface area contributed by atoms with Crippen LogP contribution < -0.4 is 5.32 Å². The van der Waals surface area contributed by atoms with Crippen LogP contribution >= 0.6 is 0 Å². The van der Waals surface area contributed by atoms with Crippen molar-refractivity contribution in [2.45, 2.75) is 6.04 Å². The average molecular weight is 628 g/mol. The van der Waals surface area contributed by atoms with Crippen LogP contribution in [0.4, 0.5) is 5.69 Å². The van der Waals surface area contributed by atoms with E-state index in [1.165, 1.54) is 21.9 Å². The van der Waals surface area contributed by atoms with Gasteiger partial charge < -0.3 is 9.73 Å². The Labute approximate surface area is 283 Å². The number of nitrogens with zero attached hydrogens (tertiary/aromatic N) is 2. The Balaban J connectivity index is 1.06. The summed E-state index contributed by atoms with van der Waals surface area (Å²) in [5.74, 6) is 1.67. The van der Waals surface area contributed by atoms with Gasteiger partial charge in [-0.25, -0.2) is 9.97 Å². The molecular formula is C45H29N3O. The van der Waals surface area contributed by atoms with Crippen molar-refractivity contribution in [2.75, 3.05) is 5.32 Å². The predicted octanol–water partition coefficient (Wildman–Crippen LogP) is 11.7. The minimum atomic E-state index is -0.149. The van der Waals surface area contributed by atoms with Gasteiger partial charge in [-0.05, 0) is 40.3 Å². The van der Waals surface area contributed by atoms with Gasteiger partial charge in [0.25, 0.3) is 0 Å². The molecule has 1 aliphatic heterocycles. The van der Waals surface area contributed by atoms with Gasteiger partial charge in [0.15, 0.2) is 5.82 Å². The van der Waals surface area contributed by atoms with Gasteiger partial charge in [0.2, 0.25) is 0 Å². The van der Waals surface area contributed by atoms with Crippen LogP contribution in [0, 0.1) is 0 Å². The van der Waals surface area contributed by atoms with E-state index in [1.807, 2.05) is 36.4 Å². The largest absolute Gasteiger partial charge is 0.458 e. The number of para-hydroxylation sites is 2. The molecule has 0 amide bonds. The summed E-state index contributed by atoms with van der Waals surface area (Å²) in [6.45, 7) is 0. The Morgan fingerprint density at radius 3 is 2.10 bits per heavy atom. The first kappa shape index (κ1) is 27.6. The molecule has 0 saturated heterocycles. The van der Waals surface area contributed by atoms with Gasteiger partial charge in [0.1, 0.15) is 17.4 Å². The lowest BCUT2D eigenvalue weighted by molar-refractivity contribution is 0.536. The first-order chi connectivity index (χ1) is 24.3. The van der Waals surface area contributed by atoms with Crippen LogP contribution in [-0.2, 0) is 0 Å². The molecule has 1 unspecified atom stereocenters. The van der Waals surface area contributed by atoms with E-state index in [0.29, 0.717) is 0 Å². The monoisotopic (exact) mass is 627 g/mol. The Morgan fingerprint density at radius 1 is 0.510 bits per heavy atom. The molecule has 4 heteroatoms. The molecule has 1 N–H and O–H groups in total. The molecule has 9 aromatic rings. The van der Waals surface area contributed by atoms with E-state index >= 15 is 0 Å². The van der Waals surface area contributed by atoms with Gasteiger partial charge in [-0.3, -0.25) is 0 Å². The standard InChI is InChI=1S/C45H29N3O/c1-2-12-31(13-3-1)45-46-38-19-8-6-17-35(38)41(48-45)30-23-21-28(22-24-30)32-14-10-15-33(27-32)42-44-40(36-18-7-9-20-39(36)49-44)37-26-25-29-11-4-5-16-34(29)43(37)47-42/h1-27,42,47H. The van der Waals surface area contributed by atoms with Gasteiger partial charge in [-0.1, -0.05) is 146 Å². The van der Waals surface area contributed by atoms with Gasteiger partial charge >= 0.3 is 0 Å². The van der Waals surface area contributed by atoms with Crippen LogP contribution in [0.5, 0.6) is 0 Å². The number of anilines is 1. The van der Waals surface area contributed by atoms with Crippen LogP contribution in [0.25, 0.3) is 77.5 Å². The quantitative estimate of drug-likeness (QED) is 0.211. The fourth-order valence-electron chi connectivity index (χ4n) is 7.36. The minimum Gasteiger partial charge on any atom is -0.458 e. The zero-order valence-corrected chi connectivity index (χ0v) is 26.5. The highest BCUT2D eigenvalue weighted by molar-refractivity contribution is 6.09. The fourth-order valence-corrected chi connectivity index (χ4v) is 7.36. The number of rotatable bonds is 4. The third-order valence-corrected chi connectivity index (χ3v) is 9.72. The van der Waals surface area contributed by atoms with Gasteiger partial charge in [-0.15, -0.1) is 0 Å². The zero-order chi connectivity index (χ0) is 32.3. The fraction of sp³-hybridized carbons (Fsp3) is 0.0222. The predicted molar refractivity (Wildman–Crippen MR) is 200 cm³/mol. The molecule has 3 heterocycles. The Kier molecular flexibility index (Phi) is 6.21. The van der Waals surface area contributed by atoms with E-state index < -0.39 is 0 Å². The molecule has 10 rings (SSSR count). The zero-order valence-electron chi connectivity index (χ0n) is 26.5. The molecule has 0 bridgehead atoms. The number of benzene rings is 7. The van der Waals surface area contributed by atoms with E-state index in [0.717, 1.165) is 72.7 Å². The number of aromatic nitrogens is 2. The number of fused-ring (bicyclic) bond motifs is 8. The maximum Gasteiger partial charge on any atom is 0.160 e. The molecule has 0 spiro atoms. The highest BCUT2D eigenvalue weighted by Gasteiger charge is 2.32. The molecule has 0 aliphatic carbocycles. The van der Waals surface area contributed by atoms with Crippen molar-refractivity contribution in [3.8, 4) is 44.9 Å². The highest BCUT2D eigenvalue weighted by atomic mass is 16.3. The molecule has 49 heavy (non-hydrogen) atoms. The third kappa shape index (κ3) is 4.53. The molecule has 4 nitrogen and oxygen atoms in total. The second-order valence-corrected chi connectivity index (χ2v) is 12.6. The average Bonchev–Trinajstić information content (AvgIpc) is 3.57. The normalized spacial score (nSPS) is 13.7. The molecule has 7 aromatic carbocycles. The number of hydrogen-bond donors (Lipinski definition) is 1. The Hall–Kier alpha value is -6.52. The maximum atomic E-state index is 6.64. The molecule has 0 fully saturated rings. The van der Waals surface area contributed by atoms with Gasteiger partial charge in [0, 0.05) is 38.4 Å². The third-order valence-electron chi connectivity index (χ3n) is 9.72. The summed E-state index contributed by atoms with van der Waals surface area (Å²) in [7, 11) is 0. The Morgan fingerprint density at radius 2 is 1.22 bits per heavy atom. The number of nitrogens with one attached hydrogen (secondary N) is 1. The summed E-state index contributed by atoms with van der Waals surface area (Å²) in [5, 5.41) is 8.51. The van der Waals surface area contributed by atoms with Gasteiger partial charge in [0.05, 0.1) is 16.9 Å². The summed E-state index contributed by atoms with van der Waals surface area (Å²) < 4.78 is 6.64. The molecule has 0 radical (unpaired) electrons. The molecule has 230 valence electrons. The lowest BCUT2D eigenvalue weighted by Crippen LogP contribution is -2.17.